The third-order valence-corrected chi connectivity index (χ3v) is 3.60. The first kappa shape index (κ1) is 12.8. The molecule has 0 aliphatic heterocycles. The van der Waals surface area contributed by atoms with E-state index in [0.29, 0.717) is 17.4 Å². The molecule has 0 saturated heterocycles. The fraction of sp³-hybridized carbons (Fsp3) is 0.615. The average molecular weight is 248 g/mol. The number of hydrogen-bond donors (Lipinski definition) is 2. The SMILES string of the molecule is CCC1CCCCC1Oc1nnccc1C(=N)N. The van der Waals surface area contributed by atoms with Crippen LogP contribution < -0.4 is 10.5 Å². The largest absolute Gasteiger partial charge is 0.472 e. The van der Waals surface area contributed by atoms with Gasteiger partial charge >= 0.3 is 0 Å². The third kappa shape index (κ3) is 2.78. The summed E-state index contributed by atoms with van der Waals surface area (Å²) in [5, 5.41) is 15.3. The standard InChI is InChI=1S/C13H20N4O/c1-2-9-5-3-4-6-11(9)18-13-10(12(14)15)7-8-16-17-13/h7-9,11H,2-6H2,1H3,(H3,14,15). The van der Waals surface area contributed by atoms with E-state index in [2.05, 4.69) is 17.1 Å². The Balaban J connectivity index is 2.15. The summed E-state index contributed by atoms with van der Waals surface area (Å²) < 4.78 is 5.96. The van der Waals surface area contributed by atoms with Gasteiger partial charge in [-0.3, -0.25) is 5.41 Å². The molecule has 0 radical (unpaired) electrons. The van der Waals surface area contributed by atoms with E-state index < -0.39 is 0 Å². The normalized spacial score (nSPS) is 23.6. The van der Waals surface area contributed by atoms with Gasteiger partial charge in [0.05, 0.1) is 11.8 Å². The highest BCUT2D eigenvalue weighted by Crippen LogP contribution is 2.30. The second kappa shape index (κ2) is 5.80. The summed E-state index contributed by atoms with van der Waals surface area (Å²) in [6, 6.07) is 1.68. The zero-order valence-corrected chi connectivity index (χ0v) is 10.7. The Morgan fingerprint density at radius 2 is 2.28 bits per heavy atom. The third-order valence-electron chi connectivity index (χ3n) is 3.60. The highest BCUT2D eigenvalue weighted by Gasteiger charge is 2.26. The topological polar surface area (TPSA) is 84.9 Å². The first-order valence-electron chi connectivity index (χ1n) is 6.55. The summed E-state index contributed by atoms with van der Waals surface area (Å²) >= 11 is 0. The lowest BCUT2D eigenvalue weighted by atomic mass is 9.85. The van der Waals surface area contributed by atoms with Crippen molar-refractivity contribution in [2.24, 2.45) is 11.7 Å². The van der Waals surface area contributed by atoms with Gasteiger partial charge in [0, 0.05) is 0 Å². The molecule has 1 heterocycles. The van der Waals surface area contributed by atoms with Crippen molar-refractivity contribution < 1.29 is 4.74 Å². The average Bonchev–Trinajstić information content (AvgIpc) is 2.40. The lowest BCUT2D eigenvalue weighted by molar-refractivity contribution is 0.0846. The summed E-state index contributed by atoms with van der Waals surface area (Å²) in [5.74, 6) is 0.944. The number of nitrogens with one attached hydrogen (secondary N) is 1. The molecule has 5 heteroatoms. The summed E-state index contributed by atoms with van der Waals surface area (Å²) in [5.41, 5.74) is 6.06. The molecular weight excluding hydrogens is 228 g/mol. The van der Waals surface area contributed by atoms with E-state index in [1.807, 2.05) is 0 Å². The second-order valence-electron chi connectivity index (χ2n) is 4.77. The second-order valence-corrected chi connectivity index (χ2v) is 4.77. The van der Waals surface area contributed by atoms with Crippen LogP contribution in [0.4, 0.5) is 0 Å². The fourth-order valence-corrected chi connectivity index (χ4v) is 2.55. The molecule has 98 valence electrons. The van der Waals surface area contributed by atoms with Crippen LogP contribution in [0.3, 0.4) is 0 Å². The van der Waals surface area contributed by atoms with E-state index in [0.717, 1.165) is 12.8 Å². The number of ether oxygens (including phenoxy) is 1. The minimum Gasteiger partial charge on any atom is -0.472 e. The van der Waals surface area contributed by atoms with E-state index in [4.69, 9.17) is 15.9 Å². The van der Waals surface area contributed by atoms with Gasteiger partial charge in [-0.1, -0.05) is 13.3 Å². The van der Waals surface area contributed by atoms with Gasteiger partial charge < -0.3 is 10.5 Å². The van der Waals surface area contributed by atoms with Crippen LogP contribution in [0.15, 0.2) is 12.3 Å². The molecule has 18 heavy (non-hydrogen) atoms. The predicted molar refractivity (Wildman–Crippen MR) is 69.7 cm³/mol. The van der Waals surface area contributed by atoms with Crippen molar-refractivity contribution in [3.8, 4) is 5.88 Å². The van der Waals surface area contributed by atoms with Gasteiger partial charge in [-0.05, 0) is 37.7 Å². The highest BCUT2D eigenvalue weighted by molar-refractivity contribution is 5.96. The molecule has 0 spiro atoms. The van der Waals surface area contributed by atoms with Crippen LogP contribution in [0.1, 0.15) is 44.6 Å². The molecule has 2 atom stereocenters. The van der Waals surface area contributed by atoms with Crippen molar-refractivity contribution in [1.29, 1.82) is 5.41 Å². The Morgan fingerprint density at radius 3 is 3.00 bits per heavy atom. The van der Waals surface area contributed by atoms with Gasteiger partial charge in [-0.2, -0.15) is 5.10 Å². The molecule has 3 N–H and O–H groups in total. The van der Waals surface area contributed by atoms with Crippen molar-refractivity contribution in [1.82, 2.24) is 10.2 Å². The van der Waals surface area contributed by atoms with E-state index in [1.165, 1.54) is 25.5 Å². The maximum absolute atomic E-state index is 7.52. The molecule has 5 nitrogen and oxygen atoms in total. The Morgan fingerprint density at radius 1 is 1.50 bits per heavy atom. The molecule has 2 rings (SSSR count). The van der Waals surface area contributed by atoms with Crippen LogP contribution in [0.2, 0.25) is 0 Å². The van der Waals surface area contributed by atoms with Crippen LogP contribution >= 0.6 is 0 Å². The summed E-state index contributed by atoms with van der Waals surface area (Å²) in [6.07, 6.45) is 7.54. The van der Waals surface area contributed by atoms with Gasteiger partial charge in [-0.15, -0.1) is 5.10 Å². The highest BCUT2D eigenvalue weighted by atomic mass is 16.5. The number of hydrogen-bond acceptors (Lipinski definition) is 4. The lowest BCUT2D eigenvalue weighted by Gasteiger charge is -2.31. The maximum Gasteiger partial charge on any atom is 0.244 e. The van der Waals surface area contributed by atoms with Crippen molar-refractivity contribution in [3.63, 3.8) is 0 Å². The Kier molecular flexibility index (Phi) is 4.12. The van der Waals surface area contributed by atoms with Gasteiger partial charge in [0.1, 0.15) is 11.9 Å². The molecule has 0 aromatic carbocycles. The Bertz CT molecular complexity index is 421. The molecule has 1 aromatic rings. The van der Waals surface area contributed by atoms with Crippen molar-refractivity contribution in [2.75, 3.05) is 0 Å². The first-order valence-corrected chi connectivity index (χ1v) is 6.55. The molecule has 1 saturated carbocycles. The van der Waals surface area contributed by atoms with Gasteiger partial charge in [0.25, 0.3) is 0 Å². The number of amidine groups is 1. The first-order chi connectivity index (χ1) is 8.72. The van der Waals surface area contributed by atoms with Crippen molar-refractivity contribution in [2.45, 2.75) is 45.1 Å². The van der Waals surface area contributed by atoms with Crippen LogP contribution in [0.5, 0.6) is 5.88 Å². The van der Waals surface area contributed by atoms with E-state index in [9.17, 15) is 0 Å². The summed E-state index contributed by atoms with van der Waals surface area (Å²) in [6.45, 7) is 2.19. The predicted octanol–water partition coefficient (Wildman–Crippen LogP) is 2.11. The zero-order valence-electron chi connectivity index (χ0n) is 10.7. The fourth-order valence-electron chi connectivity index (χ4n) is 2.55. The van der Waals surface area contributed by atoms with Gasteiger partial charge in [0.2, 0.25) is 5.88 Å². The monoisotopic (exact) mass is 248 g/mol. The molecular formula is C13H20N4O. The number of nitrogen functional groups attached to an aromatic ring is 1. The molecule has 1 fully saturated rings. The molecule has 1 aromatic heterocycles. The van der Waals surface area contributed by atoms with Crippen LogP contribution in [0.25, 0.3) is 0 Å². The minimum atomic E-state index is -0.0243. The Labute approximate surface area is 107 Å². The number of nitrogens with two attached hydrogens (primary N) is 1. The number of nitrogens with zero attached hydrogens (tertiary/aromatic N) is 2. The van der Waals surface area contributed by atoms with Crippen LogP contribution in [0, 0.1) is 11.3 Å². The van der Waals surface area contributed by atoms with Crippen LogP contribution in [-0.4, -0.2) is 22.1 Å². The van der Waals surface area contributed by atoms with E-state index in [1.54, 1.807) is 6.07 Å². The van der Waals surface area contributed by atoms with Crippen molar-refractivity contribution in [3.05, 3.63) is 17.8 Å². The van der Waals surface area contributed by atoms with Crippen LogP contribution in [-0.2, 0) is 0 Å². The summed E-state index contributed by atoms with van der Waals surface area (Å²) in [7, 11) is 0. The lowest BCUT2D eigenvalue weighted by Crippen LogP contribution is -2.31. The molecule has 1 aliphatic rings. The van der Waals surface area contributed by atoms with Crippen molar-refractivity contribution >= 4 is 5.84 Å². The van der Waals surface area contributed by atoms with E-state index in [-0.39, 0.29) is 11.9 Å². The smallest absolute Gasteiger partial charge is 0.244 e. The number of rotatable bonds is 4. The van der Waals surface area contributed by atoms with Gasteiger partial charge in [-0.25, -0.2) is 0 Å². The zero-order chi connectivity index (χ0) is 13.0. The van der Waals surface area contributed by atoms with E-state index >= 15 is 0 Å². The molecule has 0 amide bonds. The molecule has 2 unspecified atom stereocenters. The molecule has 1 aliphatic carbocycles. The minimum absolute atomic E-state index is 0.0243. The maximum atomic E-state index is 7.52. The summed E-state index contributed by atoms with van der Waals surface area (Å²) in [4.78, 5) is 0. The van der Waals surface area contributed by atoms with Gasteiger partial charge in [0.15, 0.2) is 0 Å². The molecule has 0 bridgehead atoms. The number of aromatic nitrogens is 2. The quantitative estimate of drug-likeness (QED) is 0.631. The Hall–Kier alpha value is -1.65.